The van der Waals surface area contributed by atoms with E-state index < -0.39 is 5.91 Å². The number of fused-ring (bicyclic) bond motifs is 1. The Bertz CT molecular complexity index is 843. The summed E-state index contributed by atoms with van der Waals surface area (Å²) in [5.41, 5.74) is 8.72. The van der Waals surface area contributed by atoms with Crippen LogP contribution in [0, 0.1) is 0 Å². The van der Waals surface area contributed by atoms with Crippen molar-refractivity contribution in [2.75, 3.05) is 0 Å². The van der Waals surface area contributed by atoms with Crippen LogP contribution in [-0.2, 0) is 0 Å². The van der Waals surface area contributed by atoms with Gasteiger partial charge in [0.25, 0.3) is 0 Å². The average Bonchev–Trinajstić information content (AvgIpc) is 3.22. The summed E-state index contributed by atoms with van der Waals surface area (Å²) in [6.07, 6.45) is 9.49. The summed E-state index contributed by atoms with van der Waals surface area (Å²) in [6, 6.07) is 7.89. The van der Waals surface area contributed by atoms with Crippen molar-refractivity contribution >= 4 is 16.9 Å². The number of amides is 1. The number of rotatable bonds is 3. The van der Waals surface area contributed by atoms with Crippen LogP contribution in [0.25, 0.3) is 22.4 Å². The van der Waals surface area contributed by atoms with Gasteiger partial charge in [0.05, 0.1) is 22.9 Å². The number of benzene rings is 1. The molecule has 5 nitrogen and oxygen atoms in total. The first-order valence-corrected chi connectivity index (χ1v) is 8.08. The summed E-state index contributed by atoms with van der Waals surface area (Å²) in [4.78, 5) is 16.2. The molecule has 2 aromatic heterocycles. The fraction of sp³-hybridized carbons (Fsp3) is 0.333. The molecule has 1 fully saturated rings. The number of nitrogens with zero attached hydrogens (tertiary/aromatic N) is 2. The highest BCUT2D eigenvalue weighted by molar-refractivity contribution is 5.96. The van der Waals surface area contributed by atoms with Gasteiger partial charge in [0, 0.05) is 11.6 Å². The van der Waals surface area contributed by atoms with Gasteiger partial charge in [-0.05, 0) is 37.1 Å². The van der Waals surface area contributed by atoms with Gasteiger partial charge in [0.2, 0.25) is 5.91 Å². The lowest BCUT2D eigenvalue weighted by molar-refractivity contribution is 0.100. The lowest BCUT2D eigenvalue weighted by atomic mass is 9.95. The number of hydrogen-bond acceptors (Lipinski definition) is 3. The zero-order valence-corrected chi connectivity index (χ0v) is 12.9. The number of carbonyl (C=O) groups excluding carboxylic acids is 1. The summed E-state index contributed by atoms with van der Waals surface area (Å²) in [5, 5.41) is 0. The monoisotopic (exact) mass is 309 g/mol. The number of nitrogens with two attached hydrogens (primary N) is 1. The van der Waals surface area contributed by atoms with E-state index >= 15 is 0 Å². The highest BCUT2D eigenvalue weighted by atomic mass is 16.3. The van der Waals surface area contributed by atoms with Crippen LogP contribution in [0.15, 0.2) is 41.2 Å². The zero-order chi connectivity index (χ0) is 15.8. The van der Waals surface area contributed by atoms with Crippen LogP contribution in [0.5, 0.6) is 0 Å². The third-order valence-corrected chi connectivity index (χ3v) is 4.69. The minimum Gasteiger partial charge on any atom is -0.472 e. The third kappa shape index (κ3) is 2.42. The van der Waals surface area contributed by atoms with Gasteiger partial charge in [0.15, 0.2) is 0 Å². The van der Waals surface area contributed by atoms with Crippen LogP contribution < -0.4 is 5.73 Å². The molecule has 1 aliphatic carbocycles. The minimum absolute atomic E-state index is 0.427. The number of aromatic nitrogens is 2. The van der Waals surface area contributed by atoms with Crippen molar-refractivity contribution in [3.05, 3.63) is 42.4 Å². The van der Waals surface area contributed by atoms with Gasteiger partial charge >= 0.3 is 0 Å². The van der Waals surface area contributed by atoms with Gasteiger partial charge in [-0.25, -0.2) is 4.98 Å². The molecule has 0 radical (unpaired) electrons. The van der Waals surface area contributed by atoms with Crippen LogP contribution in [0.4, 0.5) is 0 Å². The summed E-state index contributed by atoms with van der Waals surface area (Å²) < 4.78 is 7.55. The van der Waals surface area contributed by atoms with Crippen molar-refractivity contribution in [3.63, 3.8) is 0 Å². The van der Waals surface area contributed by atoms with Crippen molar-refractivity contribution < 1.29 is 9.21 Å². The van der Waals surface area contributed by atoms with E-state index in [9.17, 15) is 4.79 Å². The second-order valence-corrected chi connectivity index (χ2v) is 6.18. The Hall–Kier alpha value is -2.56. The highest BCUT2D eigenvalue weighted by Gasteiger charge is 2.23. The zero-order valence-electron chi connectivity index (χ0n) is 12.9. The first-order chi connectivity index (χ1) is 11.2. The predicted octanol–water partition coefficient (Wildman–Crippen LogP) is 3.90. The van der Waals surface area contributed by atoms with Crippen molar-refractivity contribution in [1.82, 2.24) is 9.55 Å². The van der Waals surface area contributed by atoms with E-state index in [0.29, 0.717) is 11.6 Å². The molecule has 1 amide bonds. The molecule has 23 heavy (non-hydrogen) atoms. The maximum atomic E-state index is 11.4. The van der Waals surface area contributed by atoms with Crippen molar-refractivity contribution in [2.24, 2.45) is 5.73 Å². The maximum absolute atomic E-state index is 11.4. The number of furan rings is 1. The number of carbonyl (C=O) groups is 1. The third-order valence-electron chi connectivity index (χ3n) is 4.69. The Balaban J connectivity index is 1.92. The van der Waals surface area contributed by atoms with Crippen molar-refractivity contribution in [2.45, 2.75) is 38.1 Å². The van der Waals surface area contributed by atoms with Gasteiger partial charge in [-0.15, -0.1) is 0 Å². The second-order valence-electron chi connectivity index (χ2n) is 6.18. The lowest BCUT2D eigenvalue weighted by Crippen LogP contribution is -2.14. The molecule has 2 heterocycles. The fourth-order valence-corrected chi connectivity index (χ4v) is 3.56. The smallest absolute Gasteiger partial charge is 0.248 e. The van der Waals surface area contributed by atoms with E-state index in [-0.39, 0.29) is 0 Å². The van der Waals surface area contributed by atoms with Gasteiger partial charge in [0.1, 0.15) is 12.1 Å². The number of imidazole rings is 1. The quantitative estimate of drug-likeness (QED) is 0.797. The van der Waals surface area contributed by atoms with E-state index in [0.717, 1.165) is 35.3 Å². The summed E-state index contributed by atoms with van der Waals surface area (Å²) in [6.45, 7) is 0. The molecule has 0 atom stereocenters. The van der Waals surface area contributed by atoms with Crippen molar-refractivity contribution in [1.29, 1.82) is 0 Å². The summed E-state index contributed by atoms with van der Waals surface area (Å²) in [7, 11) is 0. The summed E-state index contributed by atoms with van der Waals surface area (Å²) >= 11 is 0. The number of hydrogen-bond donors (Lipinski definition) is 1. The molecule has 0 aliphatic heterocycles. The van der Waals surface area contributed by atoms with Gasteiger partial charge in [-0.1, -0.05) is 19.3 Å². The van der Waals surface area contributed by atoms with E-state index in [4.69, 9.17) is 15.1 Å². The Labute approximate surface area is 134 Å². The van der Waals surface area contributed by atoms with Crippen LogP contribution >= 0.6 is 0 Å². The van der Waals surface area contributed by atoms with E-state index in [1.165, 1.54) is 19.3 Å². The molecule has 0 unspecified atom stereocenters. The predicted molar refractivity (Wildman–Crippen MR) is 88.1 cm³/mol. The van der Waals surface area contributed by atoms with Gasteiger partial charge in [-0.2, -0.15) is 0 Å². The number of primary amides is 1. The van der Waals surface area contributed by atoms with Crippen LogP contribution in [0.3, 0.4) is 0 Å². The molecule has 0 saturated heterocycles. The van der Waals surface area contributed by atoms with E-state index in [1.807, 2.05) is 12.1 Å². The molecule has 2 N–H and O–H groups in total. The highest BCUT2D eigenvalue weighted by Crippen LogP contribution is 2.36. The Morgan fingerprint density at radius 3 is 2.74 bits per heavy atom. The largest absolute Gasteiger partial charge is 0.472 e. The molecule has 118 valence electrons. The summed E-state index contributed by atoms with van der Waals surface area (Å²) in [5.74, 6) is 0.478. The molecule has 1 saturated carbocycles. The SMILES string of the molecule is NC(=O)c1ccc2c(c1)nc(-c1ccoc1)n2C1CCCCC1. The molecular formula is C18H19N3O2. The average molecular weight is 309 g/mol. The van der Waals surface area contributed by atoms with Gasteiger partial charge < -0.3 is 14.7 Å². The standard InChI is InChI=1S/C18H19N3O2/c19-17(22)12-6-7-16-15(10-12)20-18(13-8-9-23-11-13)21(16)14-4-2-1-3-5-14/h6-11,14H,1-5H2,(H2,19,22). The molecule has 3 aromatic rings. The van der Waals surface area contributed by atoms with Crippen LogP contribution in [0.1, 0.15) is 48.5 Å². The molecule has 4 rings (SSSR count). The Morgan fingerprint density at radius 1 is 1.22 bits per heavy atom. The molecule has 0 bridgehead atoms. The molecule has 1 aromatic carbocycles. The first kappa shape index (κ1) is 14.1. The molecular weight excluding hydrogens is 290 g/mol. The molecule has 1 aliphatic rings. The van der Waals surface area contributed by atoms with E-state index in [1.54, 1.807) is 24.7 Å². The molecule has 0 spiro atoms. The Kier molecular flexibility index (Phi) is 3.41. The minimum atomic E-state index is -0.427. The topological polar surface area (TPSA) is 74.1 Å². The maximum Gasteiger partial charge on any atom is 0.248 e. The Morgan fingerprint density at radius 2 is 2.04 bits per heavy atom. The second kappa shape index (κ2) is 5.57. The van der Waals surface area contributed by atoms with Crippen molar-refractivity contribution in [3.8, 4) is 11.4 Å². The first-order valence-electron chi connectivity index (χ1n) is 8.08. The van der Waals surface area contributed by atoms with Crippen LogP contribution in [0.2, 0.25) is 0 Å². The molecule has 5 heteroatoms. The van der Waals surface area contributed by atoms with Gasteiger partial charge in [-0.3, -0.25) is 4.79 Å². The van der Waals surface area contributed by atoms with E-state index in [2.05, 4.69) is 4.57 Å². The van der Waals surface area contributed by atoms with Crippen LogP contribution in [-0.4, -0.2) is 15.5 Å². The lowest BCUT2D eigenvalue weighted by Gasteiger charge is -2.25. The fourth-order valence-electron chi connectivity index (χ4n) is 3.56. The normalized spacial score (nSPS) is 16.0.